The van der Waals surface area contributed by atoms with Gasteiger partial charge in [0.15, 0.2) is 11.5 Å². The van der Waals surface area contributed by atoms with Crippen LogP contribution in [-0.4, -0.2) is 44.2 Å². The van der Waals surface area contributed by atoms with Gasteiger partial charge in [-0.1, -0.05) is 42.5 Å². The van der Waals surface area contributed by atoms with Gasteiger partial charge < -0.3 is 25.0 Å². The molecule has 4 aromatic rings. The van der Waals surface area contributed by atoms with Crippen molar-refractivity contribution in [2.45, 2.75) is 11.3 Å². The summed E-state index contributed by atoms with van der Waals surface area (Å²) >= 11 is 1.44. The minimum atomic E-state index is -0.498. The van der Waals surface area contributed by atoms with Gasteiger partial charge in [-0.05, 0) is 78.2 Å². The van der Waals surface area contributed by atoms with Gasteiger partial charge in [0, 0.05) is 28.4 Å². The lowest BCUT2D eigenvalue weighted by Crippen LogP contribution is -2.30. The molecule has 0 unspecified atom stereocenters. The molecular weight excluding hydrogens is 562 g/mol. The maximum Gasteiger partial charge on any atom is 0.272 e. The number of benzene rings is 4. The van der Waals surface area contributed by atoms with E-state index in [1.54, 1.807) is 67.8 Å². The first-order valence-electron chi connectivity index (χ1n) is 13.7. The fourth-order valence-electron chi connectivity index (χ4n) is 4.70. The number of carbonyl (C=O) groups is 3. The Morgan fingerprint density at radius 2 is 1.58 bits per heavy atom. The number of thioether (sulfide) groups is 1. The number of nitrogens with zero attached hydrogens (tertiary/aromatic N) is 1. The number of anilines is 2. The molecule has 0 spiro atoms. The number of para-hydroxylation sites is 1. The molecule has 0 saturated carbocycles. The van der Waals surface area contributed by atoms with E-state index in [2.05, 4.69) is 16.7 Å². The molecule has 1 aliphatic rings. The number of methoxy groups -OCH3 is 2. The van der Waals surface area contributed by atoms with E-state index < -0.39 is 11.8 Å². The third-order valence-corrected chi connectivity index (χ3v) is 7.91. The van der Waals surface area contributed by atoms with E-state index in [-0.39, 0.29) is 11.6 Å². The number of carbonyl (C=O) groups excluding carboxylic acids is 3. The molecule has 0 atom stereocenters. The lowest BCUT2D eigenvalue weighted by Gasteiger charge is -2.17. The first-order valence-corrected chi connectivity index (χ1v) is 14.7. The van der Waals surface area contributed by atoms with Crippen molar-refractivity contribution in [1.82, 2.24) is 5.32 Å². The Morgan fingerprint density at radius 1 is 0.860 bits per heavy atom. The first-order chi connectivity index (χ1) is 20.9. The van der Waals surface area contributed by atoms with Gasteiger partial charge in [-0.15, -0.1) is 11.8 Å². The summed E-state index contributed by atoms with van der Waals surface area (Å²) in [7, 11) is 3.07. The molecule has 43 heavy (non-hydrogen) atoms. The molecule has 0 fully saturated rings. The number of ether oxygens (including phenoxy) is 2. The zero-order valence-electron chi connectivity index (χ0n) is 23.8. The average Bonchev–Trinajstić information content (AvgIpc) is 3.48. The molecule has 3 amide bonds. The van der Waals surface area contributed by atoms with Crippen LogP contribution in [0, 0.1) is 0 Å². The van der Waals surface area contributed by atoms with Crippen LogP contribution in [0.3, 0.4) is 0 Å². The summed E-state index contributed by atoms with van der Waals surface area (Å²) in [6, 6.07) is 29.1. The van der Waals surface area contributed by atoms with Crippen LogP contribution in [0.5, 0.6) is 11.5 Å². The summed E-state index contributed by atoms with van der Waals surface area (Å²) < 4.78 is 10.7. The maximum absolute atomic E-state index is 13.4. The first kappa shape index (κ1) is 29.5. The zero-order chi connectivity index (χ0) is 30.2. The van der Waals surface area contributed by atoms with Crippen LogP contribution < -0.4 is 25.0 Å². The van der Waals surface area contributed by atoms with Crippen LogP contribution in [0.25, 0.3) is 6.08 Å². The molecule has 0 aromatic heterocycles. The van der Waals surface area contributed by atoms with E-state index in [4.69, 9.17) is 9.47 Å². The molecule has 8 nitrogen and oxygen atoms in total. The van der Waals surface area contributed by atoms with Gasteiger partial charge in [0.1, 0.15) is 5.70 Å². The average molecular weight is 594 g/mol. The predicted molar refractivity (Wildman–Crippen MR) is 170 cm³/mol. The van der Waals surface area contributed by atoms with Crippen molar-refractivity contribution in [2.24, 2.45) is 0 Å². The Labute approximate surface area is 254 Å². The number of rotatable bonds is 10. The maximum atomic E-state index is 13.4. The number of fused-ring (bicyclic) bond motifs is 1. The molecule has 0 saturated heterocycles. The Kier molecular flexibility index (Phi) is 9.43. The molecule has 1 heterocycles. The summed E-state index contributed by atoms with van der Waals surface area (Å²) in [5.74, 6) is 0.493. The van der Waals surface area contributed by atoms with Gasteiger partial charge in [0.05, 0.1) is 20.0 Å². The van der Waals surface area contributed by atoms with Gasteiger partial charge in [0.2, 0.25) is 5.91 Å². The van der Waals surface area contributed by atoms with Gasteiger partial charge in [-0.3, -0.25) is 14.4 Å². The van der Waals surface area contributed by atoms with E-state index in [1.807, 2.05) is 41.3 Å². The van der Waals surface area contributed by atoms with Gasteiger partial charge in [0.25, 0.3) is 11.8 Å². The third-order valence-electron chi connectivity index (χ3n) is 6.91. The molecule has 0 aliphatic carbocycles. The van der Waals surface area contributed by atoms with E-state index in [0.717, 1.165) is 17.0 Å². The van der Waals surface area contributed by atoms with Crippen molar-refractivity contribution in [1.29, 1.82) is 0 Å². The van der Waals surface area contributed by atoms with E-state index in [9.17, 15) is 14.4 Å². The Hall–Kier alpha value is -5.02. The smallest absolute Gasteiger partial charge is 0.272 e. The van der Waals surface area contributed by atoms with E-state index in [0.29, 0.717) is 40.6 Å². The van der Waals surface area contributed by atoms with Crippen molar-refractivity contribution < 1.29 is 23.9 Å². The monoisotopic (exact) mass is 593 g/mol. The van der Waals surface area contributed by atoms with Crippen LogP contribution in [0.4, 0.5) is 11.4 Å². The summed E-state index contributed by atoms with van der Waals surface area (Å²) in [6.07, 6.45) is 2.44. The predicted octanol–water partition coefficient (Wildman–Crippen LogP) is 5.79. The molecule has 0 bridgehead atoms. The third kappa shape index (κ3) is 7.25. The lowest BCUT2D eigenvalue weighted by atomic mass is 10.1. The van der Waals surface area contributed by atoms with Crippen molar-refractivity contribution in [2.75, 3.05) is 36.7 Å². The quantitative estimate of drug-likeness (QED) is 0.178. The highest BCUT2D eigenvalue weighted by atomic mass is 32.2. The second kappa shape index (κ2) is 13.8. The molecule has 9 heteroatoms. The van der Waals surface area contributed by atoms with Crippen LogP contribution in [0.2, 0.25) is 0 Å². The standard InChI is InChI=1S/C34H31N3O5S/c1-41-30-17-12-23(21-31(30)42-2)20-28(36-33(39)25-9-4-3-5-10-25)34(40)35-26-13-15-27(16-14-26)43-22-32(38)37-19-18-24-8-6-7-11-29(24)37/h3-17,20-21H,18-19,22H2,1-2H3,(H,35,40)(H,36,39)/b28-20-. The highest BCUT2D eigenvalue weighted by molar-refractivity contribution is 8.00. The second-order valence-corrected chi connectivity index (χ2v) is 10.7. The van der Waals surface area contributed by atoms with Crippen LogP contribution in [0.15, 0.2) is 108 Å². The van der Waals surface area contributed by atoms with E-state index in [1.165, 1.54) is 24.4 Å². The molecule has 2 N–H and O–H groups in total. The topological polar surface area (TPSA) is 97.0 Å². The Morgan fingerprint density at radius 3 is 2.33 bits per heavy atom. The minimum Gasteiger partial charge on any atom is -0.493 e. The number of amides is 3. The highest BCUT2D eigenvalue weighted by Crippen LogP contribution is 2.30. The van der Waals surface area contributed by atoms with Crippen LogP contribution in [0.1, 0.15) is 21.5 Å². The Bertz CT molecular complexity index is 1650. The zero-order valence-corrected chi connectivity index (χ0v) is 24.6. The molecule has 0 radical (unpaired) electrons. The molecule has 5 rings (SSSR count). The van der Waals surface area contributed by atoms with Crippen molar-refractivity contribution in [3.63, 3.8) is 0 Å². The number of hydrogen-bond donors (Lipinski definition) is 2. The molecule has 218 valence electrons. The molecule has 1 aliphatic heterocycles. The fourth-order valence-corrected chi connectivity index (χ4v) is 5.48. The summed E-state index contributed by atoms with van der Waals surface area (Å²) in [6.45, 7) is 0.698. The van der Waals surface area contributed by atoms with Crippen molar-refractivity contribution >= 4 is 46.9 Å². The number of nitrogens with one attached hydrogen (secondary N) is 2. The largest absolute Gasteiger partial charge is 0.493 e. The SMILES string of the molecule is COc1ccc(/C=C(\NC(=O)c2ccccc2)C(=O)Nc2ccc(SCC(=O)N3CCc4ccccc43)cc2)cc1OC. The molecule has 4 aromatic carbocycles. The normalized spacial score (nSPS) is 12.3. The van der Waals surface area contributed by atoms with Gasteiger partial charge >= 0.3 is 0 Å². The number of hydrogen-bond acceptors (Lipinski definition) is 6. The fraction of sp³-hybridized carbons (Fsp3) is 0.147. The lowest BCUT2D eigenvalue weighted by molar-refractivity contribution is -0.116. The van der Waals surface area contributed by atoms with Crippen molar-refractivity contribution in [3.05, 3.63) is 119 Å². The molecular formula is C34H31N3O5S. The van der Waals surface area contributed by atoms with Gasteiger partial charge in [-0.2, -0.15) is 0 Å². The minimum absolute atomic E-state index is 0.0519. The van der Waals surface area contributed by atoms with Crippen LogP contribution in [-0.2, 0) is 16.0 Å². The summed E-state index contributed by atoms with van der Waals surface area (Å²) in [5.41, 5.74) is 3.83. The Balaban J connectivity index is 1.27. The highest BCUT2D eigenvalue weighted by Gasteiger charge is 2.24. The van der Waals surface area contributed by atoms with E-state index >= 15 is 0 Å². The van der Waals surface area contributed by atoms with Crippen LogP contribution >= 0.6 is 11.8 Å². The summed E-state index contributed by atoms with van der Waals surface area (Å²) in [4.78, 5) is 42.0. The van der Waals surface area contributed by atoms with Crippen molar-refractivity contribution in [3.8, 4) is 11.5 Å². The summed E-state index contributed by atoms with van der Waals surface area (Å²) in [5, 5.41) is 5.59. The second-order valence-electron chi connectivity index (χ2n) is 9.68. The van der Waals surface area contributed by atoms with Gasteiger partial charge in [-0.25, -0.2) is 0 Å².